The highest BCUT2D eigenvalue weighted by molar-refractivity contribution is 5.93. The van der Waals surface area contributed by atoms with Crippen LogP contribution < -0.4 is 19.5 Å². The van der Waals surface area contributed by atoms with Gasteiger partial charge < -0.3 is 24.3 Å². The van der Waals surface area contributed by atoms with Crippen molar-refractivity contribution in [1.82, 2.24) is 9.97 Å². The maximum Gasteiger partial charge on any atom is 0.305 e. The minimum absolute atomic E-state index is 0.177. The standard InChI is InChI=1S/C25H31N3O5/c1-5-32-22-14-18-20(15-21(22)30-3)26-16-27-25(18)28-19-11-9-10-17(2)24(19)33-13-8-6-7-12-23(29)31-4/h9-11,14-16H,5-8,12-13H2,1-4H3,(H,26,27,28). The topological polar surface area (TPSA) is 91.8 Å². The third-order valence-corrected chi connectivity index (χ3v) is 5.18. The molecule has 0 spiro atoms. The molecule has 0 bridgehead atoms. The number of nitrogens with one attached hydrogen (secondary N) is 1. The molecule has 33 heavy (non-hydrogen) atoms. The van der Waals surface area contributed by atoms with Crippen molar-refractivity contribution < 1.29 is 23.7 Å². The van der Waals surface area contributed by atoms with E-state index in [0.717, 1.165) is 47.2 Å². The Bertz CT molecular complexity index is 1090. The number of unbranched alkanes of at least 4 members (excludes halogenated alkanes) is 2. The fraction of sp³-hybridized carbons (Fsp3) is 0.400. The lowest BCUT2D eigenvalue weighted by Gasteiger charge is -2.17. The number of hydrogen-bond donors (Lipinski definition) is 1. The van der Waals surface area contributed by atoms with Crippen molar-refractivity contribution in [3.8, 4) is 17.2 Å². The number of anilines is 2. The van der Waals surface area contributed by atoms with E-state index in [9.17, 15) is 4.79 Å². The van der Waals surface area contributed by atoms with Crippen molar-refractivity contribution in [2.24, 2.45) is 0 Å². The number of para-hydroxylation sites is 1. The molecule has 3 aromatic rings. The van der Waals surface area contributed by atoms with Gasteiger partial charge in [-0.15, -0.1) is 0 Å². The molecule has 3 rings (SSSR count). The number of methoxy groups -OCH3 is 2. The number of aryl methyl sites for hydroxylation is 1. The summed E-state index contributed by atoms with van der Waals surface area (Å²) in [6.45, 7) is 5.01. The predicted molar refractivity (Wildman–Crippen MR) is 128 cm³/mol. The highest BCUT2D eigenvalue weighted by Crippen LogP contribution is 2.37. The Morgan fingerprint density at radius 1 is 1.03 bits per heavy atom. The van der Waals surface area contributed by atoms with E-state index in [1.165, 1.54) is 13.4 Å². The van der Waals surface area contributed by atoms with E-state index in [-0.39, 0.29) is 5.97 Å². The van der Waals surface area contributed by atoms with Gasteiger partial charge in [0.25, 0.3) is 0 Å². The van der Waals surface area contributed by atoms with Gasteiger partial charge in [-0.1, -0.05) is 12.1 Å². The molecule has 0 aliphatic heterocycles. The molecule has 1 N–H and O–H groups in total. The summed E-state index contributed by atoms with van der Waals surface area (Å²) in [6, 6.07) is 9.67. The lowest BCUT2D eigenvalue weighted by molar-refractivity contribution is -0.140. The lowest BCUT2D eigenvalue weighted by atomic mass is 10.1. The second-order valence-electron chi connectivity index (χ2n) is 7.49. The largest absolute Gasteiger partial charge is 0.493 e. The zero-order valence-electron chi connectivity index (χ0n) is 19.6. The van der Waals surface area contributed by atoms with E-state index in [1.54, 1.807) is 7.11 Å². The van der Waals surface area contributed by atoms with Gasteiger partial charge in [-0.25, -0.2) is 9.97 Å². The molecule has 2 aromatic carbocycles. The number of nitrogens with zero attached hydrogens (tertiary/aromatic N) is 2. The highest BCUT2D eigenvalue weighted by atomic mass is 16.5. The summed E-state index contributed by atoms with van der Waals surface area (Å²) in [5, 5.41) is 4.22. The number of ether oxygens (including phenoxy) is 4. The zero-order chi connectivity index (χ0) is 23.6. The molecular weight excluding hydrogens is 422 g/mol. The summed E-state index contributed by atoms with van der Waals surface area (Å²) in [4.78, 5) is 20.1. The average Bonchev–Trinajstić information content (AvgIpc) is 2.82. The summed E-state index contributed by atoms with van der Waals surface area (Å²) in [7, 11) is 3.02. The van der Waals surface area contributed by atoms with Gasteiger partial charge >= 0.3 is 5.97 Å². The molecule has 0 radical (unpaired) electrons. The van der Waals surface area contributed by atoms with Crippen LogP contribution in [0.25, 0.3) is 10.9 Å². The monoisotopic (exact) mass is 453 g/mol. The van der Waals surface area contributed by atoms with Gasteiger partial charge in [0.05, 0.1) is 38.6 Å². The molecule has 1 aromatic heterocycles. The van der Waals surface area contributed by atoms with E-state index < -0.39 is 0 Å². The van der Waals surface area contributed by atoms with Crippen LogP contribution in [0.15, 0.2) is 36.7 Å². The van der Waals surface area contributed by atoms with Crippen LogP contribution in [0.1, 0.15) is 38.2 Å². The first-order valence-electron chi connectivity index (χ1n) is 11.1. The Labute approximate surface area is 194 Å². The summed E-state index contributed by atoms with van der Waals surface area (Å²) in [5.41, 5.74) is 2.58. The normalized spacial score (nSPS) is 10.7. The SMILES string of the molecule is CCOc1cc2c(Nc3cccc(C)c3OCCCCCC(=O)OC)ncnc2cc1OC. The van der Waals surface area contributed by atoms with Gasteiger partial charge in [0.1, 0.15) is 17.9 Å². The van der Waals surface area contributed by atoms with Crippen LogP contribution in [-0.2, 0) is 9.53 Å². The van der Waals surface area contributed by atoms with Gasteiger partial charge in [-0.05, 0) is 50.8 Å². The van der Waals surface area contributed by atoms with Crippen LogP contribution in [0.5, 0.6) is 17.2 Å². The van der Waals surface area contributed by atoms with Crippen LogP contribution in [0, 0.1) is 6.92 Å². The van der Waals surface area contributed by atoms with E-state index in [2.05, 4.69) is 20.0 Å². The quantitative estimate of drug-likeness (QED) is 0.295. The molecule has 0 aliphatic rings. The first-order chi connectivity index (χ1) is 16.1. The lowest BCUT2D eigenvalue weighted by Crippen LogP contribution is -2.05. The molecule has 0 saturated carbocycles. The molecule has 0 amide bonds. The van der Waals surface area contributed by atoms with Crippen molar-refractivity contribution in [3.63, 3.8) is 0 Å². The maximum absolute atomic E-state index is 11.2. The number of benzene rings is 2. The third-order valence-electron chi connectivity index (χ3n) is 5.18. The van der Waals surface area contributed by atoms with Gasteiger partial charge in [0.2, 0.25) is 0 Å². The molecule has 176 valence electrons. The predicted octanol–water partition coefficient (Wildman–Crippen LogP) is 5.20. The third kappa shape index (κ3) is 6.25. The van der Waals surface area contributed by atoms with Crippen LogP contribution in [-0.4, -0.2) is 43.4 Å². The zero-order valence-corrected chi connectivity index (χ0v) is 19.6. The second-order valence-corrected chi connectivity index (χ2v) is 7.49. The summed E-state index contributed by atoms with van der Waals surface area (Å²) < 4.78 is 22.0. The van der Waals surface area contributed by atoms with Crippen LogP contribution in [0.2, 0.25) is 0 Å². The maximum atomic E-state index is 11.2. The Morgan fingerprint density at radius 3 is 2.64 bits per heavy atom. The van der Waals surface area contributed by atoms with E-state index in [1.807, 2.05) is 44.2 Å². The molecule has 0 unspecified atom stereocenters. The van der Waals surface area contributed by atoms with E-state index >= 15 is 0 Å². The molecule has 8 heteroatoms. The molecule has 0 aliphatic carbocycles. The first-order valence-corrected chi connectivity index (χ1v) is 11.1. The van der Waals surface area contributed by atoms with Gasteiger partial charge in [0, 0.05) is 17.9 Å². The van der Waals surface area contributed by atoms with Gasteiger partial charge in [0.15, 0.2) is 11.5 Å². The number of carbonyl (C=O) groups excluding carboxylic acids is 1. The Hall–Kier alpha value is -3.55. The Morgan fingerprint density at radius 2 is 1.88 bits per heavy atom. The summed E-state index contributed by atoms with van der Waals surface area (Å²) >= 11 is 0. The summed E-state index contributed by atoms with van der Waals surface area (Å²) in [6.07, 6.45) is 4.47. The number of carbonyl (C=O) groups is 1. The summed E-state index contributed by atoms with van der Waals surface area (Å²) in [5.74, 6) is 2.51. The van der Waals surface area contributed by atoms with Gasteiger partial charge in [-0.3, -0.25) is 4.79 Å². The van der Waals surface area contributed by atoms with E-state index in [0.29, 0.717) is 37.0 Å². The molecule has 1 heterocycles. The second kappa shape index (κ2) is 11.9. The Balaban J connectivity index is 1.77. The van der Waals surface area contributed by atoms with Crippen LogP contribution in [0.4, 0.5) is 11.5 Å². The fourth-order valence-corrected chi connectivity index (χ4v) is 3.49. The first kappa shape index (κ1) is 24.1. The Kier molecular flexibility index (Phi) is 8.69. The van der Waals surface area contributed by atoms with Crippen LogP contribution >= 0.6 is 0 Å². The smallest absolute Gasteiger partial charge is 0.305 e. The number of esters is 1. The van der Waals surface area contributed by atoms with Gasteiger partial charge in [-0.2, -0.15) is 0 Å². The van der Waals surface area contributed by atoms with E-state index in [4.69, 9.17) is 14.2 Å². The molecule has 0 fully saturated rings. The average molecular weight is 454 g/mol. The number of fused-ring (bicyclic) bond motifs is 1. The van der Waals surface area contributed by atoms with Crippen molar-refractivity contribution in [2.45, 2.75) is 39.5 Å². The van der Waals surface area contributed by atoms with Crippen LogP contribution in [0.3, 0.4) is 0 Å². The minimum Gasteiger partial charge on any atom is -0.493 e. The fourth-order valence-electron chi connectivity index (χ4n) is 3.49. The molecule has 8 nitrogen and oxygen atoms in total. The molecular formula is C25H31N3O5. The number of hydrogen-bond acceptors (Lipinski definition) is 8. The van der Waals surface area contributed by atoms with Crippen molar-refractivity contribution >= 4 is 28.4 Å². The minimum atomic E-state index is -0.177. The van der Waals surface area contributed by atoms with Crippen molar-refractivity contribution in [3.05, 3.63) is 42.2 Å². The highest BCUT2D eigenvalue weighted by Gasteiger charge is 2.14. The number of aromatic nitrogens is 2. The molecule has 0 saturated heterocycles. The number of rotatable bonds is 12. The van der Waals surface area contributed by atoms with Crippen molar-refractivity contribution in [2.75, 3.05) is 32.8 Å². The molecule has 0 atom stereocenters. The van der Waals surface area contributed by atoms with Crippen molar-refractivity contribution in [1.29, 1.82) is 0 Å².